The summed E-state index contributed by atoms with van der Waals surface area (Å²) in [4.78, 5) is 30.7. The molecule has 1 heterocycles. The largest absolute Gasteiger partial charge is 0.323 e. The van der Waals surface area contributed by atoms with Gasteiger partial charge >= 0.3 is 0 Å². The van der Waals surface area contributed by atoms with Crippen LogP contribution in [0.1, 0.15) is 11.1 Å². The first-order valence-corrected chi connectivity index (χ1v) is 11.6. The van der Waals surface area contributed by atoms with E-state index in [0.29, 0.717) is 31.8 Å². The van der Waals surface area contributed by atoms with E-state index in [1.54, 1.807) is 28.8 Å². The maximum absolute atomic E-state index is 13.3. The van der Waals surface area contributed by atoms with Crippen LogP contribution in [0.5, 0.6) is 0 Å². The van der Waals surface area contributed by atoms with Gasteiger partial charge in [-0.3, -0.25) is 14.2 Å². The monoisotopic (exact) mass is 483 g/mol. The highest BCUT2D eigenvalue weighted by atomic mass is 35.5. The molecule has 8 heteroatoms. The Bertz CT molecular complexity index is 1400. The molecule has 0 atom stereocenters. The van der Waals surface area contributed by atoms with Gasteiger partial charge in [-0.2, -0.15) is 0 Å². The number of amides is 1. The summed E-state index contributed by atoms with van der Waals surface area (Å²) in [7, 11) is 0. The number of thioether (sulfide) groups is 1. The Morgan fingerprint density at radius 3 is 2.50 bits per heavy atom. The molecule has 0 radical (unpaired) electrons. The lowest BCUT2D eigenvalue weighted by Gasteiger charge is -2.15. The highest BCUT2D eigenvalue weighted by Crippen LogP contribution is 2.33. The Morgan fingerprint density at radius 1 is 1.00 bits per heavy atom. The summed E-state index contributed by atoms with van der Waals surface area (Å²) in [6.45, 7) is 3.77. The van der Waals surface area contributed by atoms with Crippen LogP contribution in [-0.4, -0.2) is 21.2 Å². The SMILES string of the molecule is Cc1ccccc1-n1c(SCC(=O)Nc2c(Cl)ccc(C)c2Cl)nc2ccccc2c1=O. The molecular weight excluding hydrogens is 465 g/mol. The van der Waals surface area contributed by atoms with Crippen molar-refractivity contribution in [2.75, 3.05) is 11.1 Å². The van der Waals surface area contributed by atoms with Crippen molar-refractivity contribution in [1.29, 1.82) is 0 Å². The molecule has 0 aliphatic carbocycles. The van der Waals surface area contributed by atoms with Gasteiger partial charge in [-0.05, 0) is 49.2 Å². The number of aryl methyl sites for hydroxylation is 2. The van der Waals surface area contributed by atoms with Crippen molar-refractivity contribution >= 4 is 57.5 Å². The van der Waals surface area contributed by atoms with Crippen molar-refractivity contribution in [1.82, 2.24) is 9.55 Å². The van der Waals surface area contributed by atoms with Gasteiger partial charge in [0.05, 0.1) is 38.1 Å². The van der Waals surface area contributed by atoms with Crippen LogP contribution in [0.25, 0.3) is 16.6 Å². The lowest BCUT2D eigenvalue weighted by atomic mass is 10.2. The minimum Gasteiger partial charge on any atom is -0.323 e. The number of hydrogen-bond donors (Lipinski definition) is 1. The number of nitrogens with one attached hydrogen (secondary N) is 1. The van der Waals surface area contributed by atoms with Crippen molar-refractivity contribution in [2.45, 2.75) is 19.0 Å². The van der Waals surface area contributed by atoms with Gasteiger partial charge in [0.2, 0.25) is 5.91 Å². The van der Waals surface area contributed by atoms with Crippen molar-refractivity contribution in [2.24, 2.45) is 0 Å². The normalized spacial score (nSPS) is 11.0. The molecular formula is C24H19Cl2N3O2S. The van der Waals surface area contributed by atoms with Crippen LogP contribution < -0.4 is 10.9 Å². The zero-order chi connectivity index (χ0) is 22.8. The number of aromatic nitrogens is 2. The molecule has 1 aromatic heterocycles. The quantitative estimate of drug-likeness (QED) is 0.277. The highest BCUT2D eigenvalue weighted by Gasteiger charge is 2.17. The summed E-state index contributed by atoms with van der Waals surface area (Å²) in [5.74, 6) is -0.278. The molecule has 1 amide bonds. The lowest BCUT2D eigenvalue weighted by Crippen LogP contribution is -2.23. The van der Waals surface area contributed by atoms with Gasteiger partial charge in [-0.1, -0.05) is 71.4 Å². The second-order valence-electron chi connectivity index (χ2n) is 7.23. The molecule has 0 aliphatic rings. The van der Waals surface area contributed by atoms with Gasteiger partial charge in [0.15, 0.2) is 5.16 Å². The molecule has 0 unspecified atom stereocenters. The van der Waals surface area contributed by atoms with Crippen LogP contribution >= 0.6 is 35.0 Å². The topological polar surface area (TPSA) is 64.0 Å². The number of carbonyl (C=O) groups excluding carboxylic acids is 1. The van der Waals surface area contributed by atoms with Gasteiger partial charge < -0.3 is 5.32 Å². The van der Waals surface area contributed by atoms with Gasteiger partial charge in [-0.15, -0.1) is 0 Å². The summed E-state index contributed by atoms with van der Waals surface area (Å²) in [5.41, 5.74) is 3.23. The average Bonchev–Trinajstić information content (AvgIpc) is 2.79. The Kier molecular flexibility index (Phi) is 6.55. The van der Waals surface area contributed by atoms with E-state index < -0.39 is 0 Å². The Morgan fingerprint density at radius 2 is 1.72 bits per heavy atom. The third kappa shape index (κ3) is 4.39. The molecule has 4 aromatic rings. The van der Waals surface area contributed by atoms with Crippen molar-refractivity contribution in [3.05, 3.63) is 92.2 Å². The summed E-state index contributed by atoms with van der Waals surface area (Å²) in [6.07, 6.45) is 0. The molecule has 1 N–H and O–H groups in total. The molecule has 162 valence electrons. The fraction of sp³-hybridized carbons (Fsp3) is 0.125. The van der Waals surface area contributed by atoms with E-state index in [4.69, 9.17) is 23.2 Å². The van der Waals surface area contributed by atoms with Crippen LogP contribution in [0.4, 0.5) is 5.69 Å². The number of fused-ring (bicyclic) bond motifs is 1. The van der Waals surface area contributed by atoms with E-state index in [1.165, 1.54) is 11.8 Å². The molecule has 0 saturated carbocycles. The predicted molar refractivity (Wildman–Crippen MR) is 133 cm³/mol. The first kappa shape index (κ1) is 22.4. The van der Waals surface area contributed by atoms with Crippen molar-refractivity contribution in [3.8, 4) is 5.69 Å². The molecule has 5 nitrogen and oxygen atoms in total. The van der Waals surface area contributed by atoms with Crippen LogP contribution in [0.15, 0.2) is 70.6 Å². The van der Waals surface area contributed by atoms with E-state index >= 15 is 0 Å². The molecule has 32 heavy (non-hydrogen) atoms. The maximum Gasteiger partial charge on any atom is 0.266 e. The number of rotatable bonds is 5. The van der Waals surface area contributed by atoms with E-state index in [9.17, 15) is 9.59 Å². The zero-order valence-corrected chi connectivity index (χ0v) is 19.7. The van der Waals surface area contributed by atoms with Gasteiger partial charge in [0, 0.05) is 0 Å². The standard InChI is InChI=1S/C24H19Cl2N3O2S/c1-14-7-3-6-10-19(14)29-23(31)16-8-4-5-9-18(16)27-24(29)32-13-20(30)28-22-17(25)12-11-15(2)21(22)26/h3-12H,13H2,1-2H3,(H,28,30). The van der Waals surface area contributed by atoms with E-state index in [-0.39, 0.29) is 17.2 Å². The minimum atomic E-state index is -0.303. The molecule has 0 aliphatic heterocycles. The van der Waals surface area contributed by atoms with Crippen LogP contribution in [-0.2, 0) is 4.79 Å². The number of hydrogen-bond acceptors (Lipinski definition) is 4. The summed E-state index contributed by atoms with van der Waals surface area (Å²) >= 11 is 13.7. The Labute approximate surface area is 199 Å². The molecule has 0 spiro atoms. The van der Waals surface area contributed by atoms with E-state index in [1.807, 2.05) is 50.2 Å². The first-order chi connectivity index (χ1) is 15.4. The fourth-order valence-corrected chi connectivity index (χ4v) is 4.58. The summed E-state index contributed by atoms with van der Waals surface area (Å²) in [5, 5.41) is 4.48. The minimum absolute atomic E-state index is 0.0251. The maximum atomic E-state index is 13.3. The van der Waals surface area contributed by atoms with Gasteiger partial charge in [0.1, 0.15) is 0 Å². The summed E-state index contributed by atoms with van der Waals surface area (Å²) < 4.78 is 1.56. The first-order valence-electron chi connectivity index (χ1n) is 9.82. The van der Waals surface area contributed by atoms with Gasteiger partial charge in [-0.25, -0.2) is 4.98 Å². The zero-order valence-electron chi connectivity index (χ0n) is 17.4. The number of carbonyl (C=O) groups is 1. The second kappa shape index (κ2) is 9.36. The van der Waals surface area contributed by atoms with Crippen molar-refractivity contribution in [3.63, 3.8) is 0 Å². The van der Waals surface area contributed by atoms with E-state index in [0.717, 1.165) is 16.8 Å². The van der Waals surface area contributed by atoms with Gasteiger partial charge in [0.25, 0.3) is 5.56 Å². The smallest absolute Gasteiger partial charge is 0.266 e. The third-order valence-corrected chi connectivity index (χ3v) is 6.72. The number of nitrogens with zero attached hydrogens (tertiary/aromatic N) is 2. The lowest BCUT2D eigenvalue weighted by molar-refractivity contribution is -0.113. The Hall–Kier alpha value is -2.80. The molecule has 0 saturated heterocycles. The van der Waals surface area contributed by atoms with E-state index in [2.05, 4.69) is 10.3 Å². The molecule has 4 rings (SSSR count). The number of halogens is 2. The van der Waals surface area contributed by atoms with Crippen molar-refractivity contribution < 1.29 is 4.79 Å². The highest BCUT2D eigenvalue weighted by molar-refractivity contribution is 7.99. The molecule has 0 bridgehead atoms. The summed E-state index contributed by atoms with van der Waals surface area (Å²) in [6, 6.07) is 18.2. The van der Waals surface area contributed by atoms with Crippen LogP contribution in [0.2, 0.25) is 10.0 Å². The number of benzene rings is 3. The number of anilines is 1. The second-order valence-corrected chi connectivity index (χ2v) is 8.96. The van der Waals surface area contributed by atoms with Crippen LogP contribution in [0.3, 0.4) is 0 Å². The molecule has 0 fully saturated rings. The fourth-order valence-electron chi connectivity index (χ4n) is 3.31. The third-order valence-electron chi connectivity index (χ3n) is 4.98. The Balaban J connectivity index is 1.70. The average molecular weight is 484 g/mol. The predicted octanol–water partition coefficient (Wildman–Crippen LogP) is 6.04. The molecule has 3 aromatic carbocycles. The van der Waals surface area contributed by atoms with Crippen LogP contribution in [0, 0.1) is 13.8 Å². The number of para-hydroxylation sites is 2.